The predicted octanol–water partition coefficient (Wildman–Crippen LogP) is 0.349. The smallest absolute Gasteiger partial charge is 0.321 e. The van der Waals surface area contributed by atoms with Crippen LogP contribution in [0.2, 0.25) is 0 Å². The van der Waals surface area contributed by atoms with E-state index < -0.39 is 22.8 Å². The predicted molar refractivity (Wildman–Crippen MR) is 77.5 cm³/mol. The van der Waals surface area contributed by atoms with Crippen LogP contribution in [0, 0.1) is 10.1 Å². The number of carbonyl (C=O) groups is 2. The number of amides is 1. The van der Waals surface area contributed by atoms with Crippen LogP contribution in [0.15, 0.2) is 24.3 Å². The molecule has 0 bridgehead atoms. The lowest BCUT2D eigenvalue weighted by atomic mass is 10.2. The number of hydrogen-bond donors (Lipinski definition) is 4. The van der Waals surface area contributed by atoms with E-state index in [1.54, 1.807) is 0 Å². The number of aliphatic carboxylic acids is 1. The van der Waals surface area contributed by atoms with Gasteiger partial charge in [-0.25, -0.2) is 0 Å². The number of benzene rings is 1. The third-order valence-corrected chi connectivity index (χ3v) is 2.78. The summed E-state index contributed by atoms with van der Waals surface area (Å²) >= 11 is 0. The second kappa shape index (κ2) is 8.70. The van der Waals surface area contributed by atoms with Crippen LogP contribution in [-0.4, -0.2) is 46.2 Å². The number of hydrogen-bond acceptors (Lipinski definition) is 6. The number of aliphatic hydroxyl groups is 1. The molecule has 0 fully saturated rings. The molecule has 4 N–H and O–H groups in total. The van der Waals surface area contributed by atoms with Crippen molar-refractivity contribution in [2.24, 2.45) is 0 Å². The Hall–Kier alpha value is -2.52. The van der Waals surface area contributed by atoms with Crippen molar-refractivity contribution in [1.29, 1.82) is 0 Å². The van der Waals surface area contributed by atoms with Crippen LogP contribution in [0.5, 0.6) is 0 Å². The normalized spacial score (nSPS) is 11.7. The van der Waals surface area contributed by atoms with Crippen molar-refractivity contribution in [2.45, 2.75) is 18.9 Å². The minimum atomic E-state index is -1.17. The van der Waals surface area contributed by atoms with E-state index in [1.807, 2.05) is 0 Å². The highest BCUT2D eigenvalue weighted by atomic mass is 16.6. The zero-order chi connectivity index (χ0) is 16.5. The molecule has 0 spiro atoms. The molecule has 0 saturated heterocycles. The van der Waals surface area contributed by atoms with E-state index in [4.69, 9.17) is 10.2 Å². The fourth-order valence-corrected chi connectivity index (χ4v) is 1.67. The number of carboxylic acid groups (broad SMARTS) is 1. The number of nitrogens with one attached hydrogen (secondary N) is 2. The zero-order valence-electron chi connectivity index (χ0n) is 11.7. The maximum absolute atomic E-state index is 11.8. The summed E-state index contributed by atoms with van der Waals surface area (Å²) < 4.78 is 0. The van der Waals surface area contributed by atoms with Crippen molar-refractivity contribution >= 4 is 23.3 Å². The molecule has 22 heavy (non-hydrogen) atoms. The molecule has 0 radical (unpaired) electrons. The molecular weight excluding hydrogens is 294 g/mol. The molecule has 0 aliphatic rings. The topological polar surface area (TPSA) is 142 Å². The largest absolute Gasteiger partial charge is 0.480 e. The van der Waals surface area contributed by atoms with Crippen molar-refractivity contribution in [3.8, 4) is 0 Å². The first-order valence-corrected chi connectivity index (χ1v) is 6.55. The molecule has 1 rings (SSSR count). The van der Waals surface area contributed by atoms with Gasteiger partial charge in [-0.3, -0.25) is 19.7 Å². The van der Waals surface area contributed by atoms with Crippen molar-refractivity contribution in [3.05, 3.63) is 34.4 Å². The van der Waals surface area contributed by atoms with Crippen LogP contribution in [0.1, 0.15) is 12.8 Å². The first-order chi connectivity index (χ1) is 10.4. The quantitative estimate of drug-likeness (QED) is 0.293. The van der Waals surface area contributed by atoms with E-state index in [0.29, 0.717) is 12.1 Å². The van der Waals surface area contributed by atoms with Crippen LogP contribution in [0.3, 0.4) is 0 Å². The summed E-state index contributed by atoms with van der Waals surface area (Å²) in [5.41, 5.74) is 0.238. The maximum Gasteiger partial charge on any atom is 0.321 e. The summed E-state index contributed by atoms with van der Waals surface area (Å²) in [4.78, 5) is 32.8. The van der Waals surface area contributed by atoms with E-state index in [1.165, 1.54) is 24.3 Å². The first-order valence-electron chi connectivity index (χ1n) is 6.55. The van der Waals surface area contributed by atoms with Gasteiger partial charge in [0.15, 0.2) is 0 Å². The van der Waals surface area contributed by atoms with Crippen molar-refractivity contribution in [2.75, 3.05) is 18.5 Å². The van der Waals surface area contributed by atoms with Gasteiger partial charge in [0.1, 0.15) is 6.04 Å². The molecule has 1 amide bonds. The molecule has 9 heteroatoms. The highest BCUT2D eigenvalue weighted by Gasteiger charge is 2.20. The number of aliphatic hydroxyl groups excluding tert-OH is 1. The summed E-state index contributed by atoms with van der Waals surface area (Å²) in [5.74, 6) is -1.70. The monoisotopic (exact) mass is 311 g/mol. The molecule has 1 aromatic rings. The summed E-state index contributed by atoms with van der Waals surface area (Å²) in [6, 6.07) is 4.15. The van der Waals surface area contributed by atoms with Gasteiger partial charge in [0.05, 0.1) is 11.3 Å². The number of nitro groups is 1. The SMILES string of the molecule is O=C(CC(NCCCO)C(=O)O)Nc1ccc([N+](=O)[O-])cc1. The van der Waals surface area contributed by atoms with E-state index in [0.717, 1.165) is 0 Å². The molecule has 1 aromatic carbocycles. The number of non-ortho nitro benzene ring substituents is 1. The molecule has 0 aliphatic carbocycles. The molecule has 1 unspecified atom stereocenters. The van der Waals surface area contributed by atoms with Gasteiger partial charge in [-0.15, -0.1) is 0 Å². The molecule has 0 saturated carbocycles. The van der Waals surface area contributed by atoms with E-state index in [2.05, 4.69) is 10.6 Å². The van der Waals surface area contributed by atoms with Gasteiger partial charge in [-0.05, 0) is 25.1 Å². The lowest BCUT2D eigenvalue weighted by Gasteiger charge is -2.14. The molecule has 9 nitrogen and oxygen atoms in total. The highest BCUT2D eigenvalue weighted by molar-refractivity contribution is 5.94. The van der Waals surface area contributed by atoms with Gasteiger partial charge in [-0.2, -0.15) is 0 Å². The number of carboxylic acids is 1. The van der Waals surface area contributed by atoms with Crippen molar-refractivity contribution in [3.63, 3.8) is 0 Å². The molecule has 0 aliphatic heterocycles. The number of carbonyl (C=O) groups excluding carboxylic acids is 1. The average Bonchev–Trinajstić information content (AvgIpc) is 2.46. The van der Waals surface area contributed by atoms with Crippen LogP contribution in [0.4, 0.5) is 11.4 Å². The molecule has 0 heterocycles. The van der Waals surface area contributed by atoms with Crippen molar-refractivity contribution in [1.82, 2.24) is 5.32 Å². The Bertz CT molecular complexity index is 531. The standard InChI is InChI=1S/C13H17N3O6/c17-7-1-6-14-11(13(19)20)8-12(18)15-9-2-4-10(5-3-9)16(21)22/h2-5,11,14,17H,1,6-8H2,(H,15,18)(H,19,20). The lowest BCUT2D eigenvalue weighted by molar-refractivity contribution is -0.384. The Labute approximate surface area is 126 Å². The summed E-state index contributed by atoms with van der Waals surface area (Å²) in [6.45, 7) is 0.201. The van der Waals surface area contributed by atoms with Gasteiger partial charge in [-0.1, -0.05) is 0 Å². The molecule has 1 atom stereocenters. The Morgan fingerprint density at radius 2 is 1.91 bits per heavy atom. The fraction of sp³-hybridized carbons (Fsp3) is 0.385. The third kappa shape index (κ3) is 5.85. The van der Waals surface area contributed by atoms with Crippen LogP contribution in [-0.2, 0) is 9.59 Å². The average molecular weight is 311 g/mol. The Kier molecular flexibility index (Phi) is 6.93. The second-order valence-corrected chi connectivity index (χ2v) is 4.48. The van der Waals surface area contributed by atoms with Gasteiger partial charge in [0, 0.05) is 24.4 Å². The van der Waals surface area contributed by atoms with Crippen LogP contribution >= 0.6 is 0 Å². The van der Waals surface area contributed by atoms with E-state index in [9.17, 15) is 19.7 Å². The summed E-state index contributed by atoms with van der Waals surface area (Å²) in [5, 5.41) is 33.3. The molecule has 0 aromatic heterocycles. The van der Waals surface area contributed by atoms with E-state index in [-0.39, 0.29) is 25.3 Å². The maximum atomic E-state index is 11.8. The van der Waals surface area contributed by atoms with Crippen LogP contribution < -0.4 is 10.6 Å². The number of nitro benzene ring substituents is 1. The lowest BCUT2D eigenvalue weighted by Crippen LogP contribution is -2.40. The van der Waals surface area contributed by atoms with Gasteiger partial charge < -0.3 is 20.8 Å². The Morgan fingerprint density at radius 1 is 1.27 bits per heavy atom. The molecular formula is C13H17N3O6. The number of nitrogens with zero attached hydrogens (tertiary/aromatic N) is 1. The minimum absolute atomic E-state index is 0.0751. The first kappa shape index (κ1) is 17.5. The third-order valence-electron chi connectivity index (χ3n) is 2.78. The zero-order valence-corrected chi connectivity index (χ0v) is 11.7. The Balaban J connectivity index is 2.55. The van der Waals surface area contributed by atoms with Crippen molar-refractivity contribution < 1.29 is 24.7 Å². The van der Waals surface area contributed by atoms with Gasteiger partial charge in [0.2, 0.25) is 5.91 Å². The number of rotatable bonds is 9. The summed E-state index contributed by atoms with van der Waals surface area (Å²) in [7, 11) is 0. The fourth-order valence-electron chi connectivity index (χ4n) is 1.67. The number of anilines is 1. The summed E-state index contributed by atoms with van der Waals surface area (Å²) in [6.07, 6.45) is 0.0888. The minimum Gasteiger partial charge on any atom is -0.480 e. The van der Waals surface area contributed by atoms with Gasteiger partial charge in [0.25, 0.3) is 5.69 Å². The second-order valence-electron chi connectivity index (χ2n) is 4.48. The van der Waals surface area contributed by atoms with Gasteiger partial charge >= 0.3 is 5.97 Å². The van der Waals surface area contributed by atoms with Crippen LogP contribution in [0.25, 0.3) is 0 Å². The van der Waals surface area contributed by atoms with E-state index >= 15 is 0 Å². The Morgan fingerprint density at radius 3 is 2.41 bits per heavy atom. The highest BCUT2D eigenvalue weighted by Crippen LogP contribution is 2.15. The molecule has 120 valence electrons.